The van der Waals surface area contributed by atoms with Crippen LogP contribution >= 0.6 is 0 Å². The quantitative estimate of drug-likeness (QED) is 0.409. The van der Waals surface area contributed by atoms with Gasteiger partial charge in [0.15, 0.2) is 0 Å². The molecule has 2 rings (SSSR count). The number of hydrogen-bond acceptors (Lipinski definition) is 2. The predicted molar refractivity (Wildman–Crippen MR) is 122 cm³/mol. The second-order valence-electron chi connectivity index (χ2n) is 7.98. The Labute approximate surface area is 170 Å². The van der Waals surface area contributed by atoms with E-state index in [0.717, 1.165) is 26.9 Å². The first kappa shape index (κ1) is 23.9. The van der Waals surface area contributed by atoms with Crippen LogP contribution in [-0.4, -0.2) is 35.8 Å². The summed E-state index contributed by atoms with van der Waals surface area (Å²) in [5, 5.41) is 3.34. The van der Waals surface area contributed by atoms with Crippen molar-refractivity contribution in [2.24, 2.45) is 0 Å². The van der Waals surface area contributed by atoms with Crippen LogP contribution in [0.2, 0.25) is 33.0 Å². The molecule has 0 aromatic heterocycles. The van der Waals surface area contributed by atoms with Crippen LogP contribution in [0.15, 0.2) is 60.7 Å². The van der Waals surface area contributed by atoms with Crippen LogP contribution in [0, 0.1) is 0 Å². The monoisotopic (exact) mass is 490 g/mol. The maximum absolute atomic E-state index is 12.4. The Kier molecular flexibility index (Phi) is 9.75. The van der Waals surface area contributed by atoms with Crippen LogP contribution in [0.4, 0.5) is 0 Å². The van der Waals surface area contributed by atoms with Crippen molar-refractivity contribution in [2.45, 2.75) is 53.8 Å². The number of benzene rings is 2. The number of rotatable bonds is 7. The van der Waals surface area contributed by atoms with Gasteiger partial charge in [-0.2, -0.15) is 0 Å². The van der Waals surface area contributed by atoms with E-state index < -0.39 is 26.5 Å². The second-order valence-corrected chi connectivity index (χ2v) is 29.2. The van der Waals surface area contributed by atoms with E-state index in [-0.39, 0.29) is 0 Å². The van der Waals surface area contributed by atoms with Crippen LogP contribution in [0.3, 0.4) is 0 Å². The molecule has 0 aliphatic heterocycles. The van der Waals surface area contributed by atoms with Crippen LogP contribution in [0.1, 0.15) is 41.5 Å². The third-order valence-electron chi connectivity index (χ3n) is 5.27. The van der Waals surface area contributed by atoms with Gasteiger partial charge in [0.2, 0.25) is 0 Å². The zero-order valence-electron chi connectivity index (χ0n) is 17.7. The van der Waals surface area contributed by atoms with Gasteiger partial charge >= 0.3 is 171 Å². The Morgan fingerprint density at radius 2 is 0.963 bits per heavy atom. The van der Waals surface area contributed by atoms with Crippen molar-refractivity contribution in [1.29, 1.82) is 0 Å². The third-order valence-corrected chi connectivity index (χ3v) is 19.9. The summed E-state index contributed by atoms with van der Waals surface area (Å²) in [4.78, 5) is 24.2. The summed E-state index contributed by atoms with van der Waals surface area (Å²) < 4.78 is 0.874. The average Bonchev–Trinajstić information content (AvgIpc) is 2.70. The molecule has 0 amide bonds. The van der Waals surface area contributed by atoms with Gasteiger partial charge in [0, 0.05) is 0 Å². The molecule has 0 saturated carbocycles. The average molecular weight is 488 g/mol. The summed E-state index contributed by atoms with van der Waals surface area (Å²) in [6, 6.07) is 19.4. The molecular formula is C23H34Ge2O2. The van der Waals surface area contributed by atoms with Crippen molar-refractivity contribution < 1.29 is 9.59 Å². The summed E-state index contributed by atoms with van der Waals surface area (Å²) in [7, 11) is 0. The van der Waals surface area contributed by atoms with E-state index in [4.69, 9.17) is 0 Å². The van der Waals surface area contributed by atoms with Crippen molar-refractivity contribution in [2.75, 3.05) is 0 Å². The first-order valence-electron chi connectivity index (χ1n) is 9.91. The first-order chi connectivity index (χ1) is 12.7. The fourth-order valence-electron chi connectivity index (χ4n) is 3.15. The molecule has 2 aromatic rings. The van der Waals surface area contributed by atoms with Crippen LogP contribution in [0.5, 0.6) is 0 Å². The minimum absolute atomic E-state index is 0.385. The van der Waals surface area contributed by atoms with Gasteiger partial charge in [-0.1, -0.05) is 0 Å². The van der Waals surface area contributed by atoms with Crippen molar-refractivity contribution in [3.05, 3.63) is 71.8 Å². The van der Waals surface area contributed by atoms with Gasteiger partial charge in [-0.3, -0.25) is 0 Å². The molecule has 4 heteroatoms. The molecule has 0 aliphatic carbocycles. The molecule has 0 heterocycles. The Morgan fingerprint density at radius 3 is 1.26 bits per heavy atom. The molecule has 0 atom stereocenters. The van der Waals surface area contributed by atoms with Crippen LogP contribution in [-0.2, 0) is 0 Å². The molecule has 0 N–H and O–H groups in total. The first-order valence-corrected chi connectivity index (χ1v) is 22.8. The van der Waals surface area contributed by atoms with Gasteiger partial charge in [0.1, 0.15) is 0 Å². The number of carbonyl (C=O) groups is 2. The molecule has 2 aromatic carbocycles. The van der Waals surface area contributed by atoms with E-state index in [2.05, 4.69) is 38.0 Å². The van der Waals surface area contributed by atoms with Crippen LogP contribution in [0.25, 0.3) is 0 Å². The second kappa shape index (κ2) is 11.0. The fraction of sp³-hybridized carbons (Fsp3) is 0.391. The molecule has 0 saturated heterocycles. The van der Waals surface area contributed by atoms with Crippen molar-refractivity contribution in [3.63, 3.8) is 0 Å². The Bertz CT molecular complexity index is 707. The predicted octanol–water partition coefficient (Wildman–Crippen LogP) is 6.66. The summed E-state index contributed by atoms with van der Waals surface area (Å²) in [5.74, 6) is 6.36. The zero-order chi connectivity index (χ0) is 20.5. The molecule has 27 heavy (non-hydrogen) atoms. The summed E-state index contributed by atoms with van der Waals surface area (Å²) >= 11 is -4.36. The zero-order valence-corrected chi connectivity index (χ0v) is 21.9. The summed E-state index contributed by atoms with van der Waals surface area (Å²) in [6.45, 7) is 6.56. The van der Waals surface area contributed by atoms with Crippen molar-refractivity contribution in [3.8, 4) is 0 Å². The summed E-state index contributed by atoms with van der Waals surface area (Å²) in [6.07, 6.45) is 0. The van der Waals surface area contributed by atoms with E-state index in [1.165, 1.54) is 0 Å². The normalized spacial score (nSPS) is 11.3. The number of carbonyl (C=O) groups excluding carboxylic acids is 2. The van der Waals surface area contributed by atoms with Gasteiger partial charge in [-0.05, 0) is 0 Å². The van der Waals surface area contributed by atoms with E-state index >= 15 is 0 Å². The molecule has 0 aliphatic rings. The third kappa shape index (κ3) is 6.76. The molecule has 0 bridgehead atoms. The Hall–Kier alpha value is -1.13. The van der Waals surface area contributed by atoms with Gasteiger partial charge in [-0.15, -0.1) is 0 Å². The SMILES string of the molecule is C[CH2][Ge]([CH2]C)([CH2]C)[C](=O)c1ccccc1.[CH3][Ge]([CH3])([CH3])[C](=O)c1ccccc1. The van der Waals surface area contributed by atoms with Gasteiger partial charge in [0.05, 0.1) is 0 Å². The van der Waals surface area contributed by atoms with E-state index in [0.29, 0.717) is 9.23 Å². The minimum atomic E-state index is -2.24. The molecule has 0 unspecified atom stereocenters. The summed E-state index contributed by atoms with van der Waals surface area (Å²) in [5.41, 5.74) is 1.81. The maximum atomic E-state index is 12.4. The molecule has 2 nitrogen and oxygen atoms in total. The number of hydrogen-bond donors (Lipinski definition) is 0. The topological polar surface area (TPSA) is 34.1 Å². The molecule has 0 spiro atoms. The molecule has 146 valence electrons. The molecule has 0 fully saturated rings. The molecular weight excluding hydrogens is 453 g/mol. The van der Waals surface area contributed by atoms with Gasteiger partial charge in [0.25, 0.3) is 0 Å². The van der Waals surface area contributed by atoms with E-state index in [1.54, 1.807) is 0 Å². The molecule has 0 radical (unpaired) electrons. The Morgan fingerprint density at radius 1 is 0.630 bits per heavy atom. The van der Waals surface area contributed by atoms with Gasteiger partial charge < -0.3 is 0 Å². The Balaban J connectivity index is 0.000000277. The van der Waals surface area contributed by atoms with E-state index in [1.807, 2.05) is 60.7 Å². The fourth-order valence-corrected chi connectivity index (χ4v) is 12.1. The van der Waals surface area contributed by atoms with E-state index in [9.17, 15) is 9.59 Å². The van der Waals surface area contributed by atoms with Crippen molar-refractivity contribution >= 4 is 35.8 Å². The standard InChI is InChI=1S/C13H20GeO.C10H14GeO/c1-4-14(5-2,6-3)13(15)12-10-8-7-9-11-12;1-11(2,3)10(12)9-7-5-4-6-8-9/h7-11H,4-6H2,1-3H3;4-8H,1-3H3. The van der Waals surface area contributed by atoms with Gasteiger partial charge in [-0.25, -0.2) is 0 Å². The van der Waals surface area contributed by atoms with Crippen LogP contribution < -0.4 is 0 Å². The van der Waals surface area contributed by atoms with Crippen molar-refractivity contribution in [1.82, 2.24) is 0 Å².